The van der Waals surface area contributed by atoms with Crippen LogP contribution < -0.4 is 32.2 Å². The van der Waals surface area contributed by atoms with Crippen molar-refractivity contribution in [3.05, 3.63) is 17.1 Å². The monoisotopic (exact) mass is 553 g/mol. The SMILES string of the molecule is CON=C(C(=O)N[C@@H]1C(=O)N2CC(CSc3cc(N)[n+](C)c(N)n3)(C(=O)[O-])CS[C@H]12)c1csc(N)n1. The standard InChI is InChI=1S/C19H23N9O5S3/c1-27-9(20)3-10(24-17(27)21)35-6-19(16(31)32)5-28-14(30)12(15(28)36-7-19)25-13(29)11(26-33-2)8-4-34-18(22)23-8/h3-4,12,15H,5-7H2,1-2H3,(H7,20,21,22,23,24,25,29,31,32)/t12-,15-,19?/m1/s1. The maximum absolute atomic E-state index is 12.9. The van der Waals surface area contributed by atoms with E-state index in [1.165, 1.54) is 40.1 Å². The molecule has 2 amide bonds. The van der Waals surface area contributed by atoms with Gasteiger partial charge in [-0.1, -0.05) is 16.9 Å². The number of thioether (sulfide) groups is 2. The Labute approximate surface area is 217 Å². The average molecular weight is 554 g/mol. The highest BCUT2D eigenvalue weighted by atomic mass is 32.2. The number of carboxylic acid groups (broad SMARTS) is 1. The number of nitrogens with one attached hydrogen (secondary N) is 1. The summed E-state index contributed by atoms with van der Waals surface area (Å²) in [6, 6.07) is 0.737. The lowest BCUT2D eigenvalue weighted by Gasteiger charge is -2.55. The molecule has 1 unspecified atom stereocenters. The van der Waals surface area contributed by atoms with Crippen LogP contribution in [0.4, 0.5) is 16.9 Å². The van der Waals surface area contributed by atoms with Gasteiger partial charge in [0.2, 0.25) is 5.91 Å². The third-order valence-electron chi connectivity index (χ3n) is 5.75. The minimum absolute atomic E-state index is 0.0710. The first-order chi connectivity index (χ1) is 17.1. The molecule has 2 aromatic rings. The fraction of sp³-hybridized carbons (Fsp3) is 0.421. The van der Waals surface area contributed by atoms with Gasteiger partial charge in [-0.3, -0.25) is 9.59 Å². The zero-order valence-electron chi connectivity index (χ0n) is 19.2. The molecule has 17 heteroatoms. The van der Waals surface area contributed by atoms with Crippen molar-refractivity contribution < 1.29 is 28.9 Å². The molecule has 2 saturated heterocycles. The molecule has 0 aromatic carbocycles. The van der Waals surface area contributed by atoms with Crippen LogP contribution in [0.3, 0.4) is 0 Å². The highest BCUT2D eigenvalue weighted by Gasteiger charge is 2.55. The summed E-state index contributed by atoms with van der Waals surface area (Å²) in [5.74, 6) is -1.54. The third-order valence-corrected chi connectivity index (χ3v) is 9.21. The normalized spacial score (nSPS) is 23.6. The molecule has 2 fully saturated rings. The molecule has 2 aliphatic rings. The molecule has 0 radical (unpaired) electrons. The predicted molar refractivity (Wildman–Crippen MR) is 132 cm³/mol. The summed E-state index contributed by atoms with van der Waals surface area (Å²) in [5, 5.41) is 20.4. The average Bonchev–Trinajstić information content (AvgIpc) is 3.28. The van der Waals surface area contributed by atoms with Crippen molar-refractivity contribution in [3.8, 4) is 0 Å². The Bertz CT molecular complexity index is 1230. The number of oxime groups is 1. The number of nitrogen functional groups attached to an aromatic ring is 3. The Hall–Kier alpha value is -3.31. The second kappa shape index (κ2) is 9.98. The Balaban J connectivity index is 1.43. The summed E-state index contributed by atoms with van der Waals surface area (Å²) >= 11 is 3.55. The summed E-state index contributed by atoms with van der Waals surface area (Å²) in [5.41, 5.74) is 16.1. The quantitative estimate of drug-likeness (QED) is 0.0660. The summed E-state index contributed by atoms with van der Waals surface area (Å²) in [6.07, 6.45) is 0. The molecule has 14 nitrogen and oxygen atoms in total. The van der Waals surface area contributed by atoms with Crippen molar-refractivity contribution in [2.24, 2.45) is 17.6 Å². The van der Waals surface area contributed by atoms with Crippen LogP contribution in [-0.2, 0) is 26.3 Å². The Morgan fingerprint density at radius 1 is 1.42 bits per heavy atom. The Kier molecular flexibility index (Phi) is 7.14. The molecule has 0 spiro atoms. The zero-order valence-corrected chi connectivity index (χ0v) is 21.6. The first-order valence-corrected chi connectivity index (χ1v) is 13.3. The Morgan fingerprint density at radius 2 is 2.17 bits per heavy atom. The molecular formula is C19H23N9O5S3. The van der Waals surface area contributed by atoms with Gasteiger partial charge >= 0.3 is 5.95 Å². The number of aliphatic carboxylic acids is 1. The number of rotatable bonds is 8. The van der Waals surface area contributed by atoms with E-state index in [4.69, 9.17) is 22.0 Å². The number of fused-ring (bicyclic) bond motifs is 1. The van der Waals surface area contributed by atoms with Gasteiger partial charge in [-0.05, 0) is 0 Å². The molecule has 4 heterocycles. The van der Waals surface area contributed by atoms with Gasteiger partial charge in [0, 0.05) is 34.9 Å². The molecule has 0 bridgehead atoms. The molecular weight excluding hydrogens is 530 g/mol. The topological polar surface area (TPSA) is 219 Å². The van der Waals surface area contributed by atoms with Crippen LogP contribution in [0.15, 0.2) is 21.6 Å². The number of nitrogens with zero attached hydrogens (tertiary/aromatic N) is 5. The molecule has 0 aliphatic carbocycles. The number of amides is 2. The molecule has 4 rings (SSSR count). The van der Waals surface area contributed by atoms with Crippen LogP contribution in [0.1, 0.15) is 5.69 Å². The number of carbonyl (C=O) groups excluding carboxylic acids is 3. The number of carboxylic acids is 1. The minimum Gasteiger partial charge on any atom is -0.549 e. The number of hydrogen-bond acceptors (Lipinski definition) is 14. The number of anilines is 3. The maximum atomic E-state index is 12.9. The lowest BCUT2D eigenvalue weighted by molar-refractivity contribution is -0.645. The van der Waals surface area contributed by atoms with E-state index in [1.54, 1.807) is 18.5 Å². The van der Waals surface area contributed by atoms with E-state index in [2.05, 4.69) is 20.4 Å². The van der Waals surface area contributed by atoms with E-state index >= 15 is 0 Å². The molecule has 7 N–H and O–H groups in total. The van der Waals surface area contributed by atoms with Gasteiger partial charge in [-0.2, -0.15) is 0 Å². The van der Waals surface area contributed by atoms with Crippen molar-refractivity contribution in [2.75, 3.05) is 42.4 Å². The van der Waals surface area contributed by atoms with Crippen molar-refractivity contribution >= 4 is 75.3 Å². The van der Waals surface area contributed by atoms with Crippen LogP contribution in [0.5, 0.6) is 0 Å². The lowest BCUT2D eigenvalue weighted by atomic mass is 9.89. The van der Waals surface area contributed by atoms with Gasteiger partial charge in [0.25, 0.3) is 5.91 Å². The molecule has 3 atom stereocenters. The zero-order chi connectivity index (χ0) is 26.2. The van der Waals surface area contributed by atoms with Crippen molar-refractivity contribution in [1.29, 1.82) is 0 Å². The number of thiazole rings is 1. The van der Waals surface area contributed by atoms with E-state index < -0.39 is 34.6 Å². The van der Waals surface area contributed by atoms with Crippen LogP contribution in [0.25, 0.3) is 0 Å². The van der Waals surface area contributed by atoms with Crippen LogP contribution in [0.2, 0.25) is 0 Å². The van der Waals surface area contributed by atoms with E-state index in [9.17, 15) is 19.5 Å². The molecule has 2 aromatic heterocycles. The highest BCUT2D eigenvalue weighted by Crippen LogP contribution is 2.44. The van der Waals surface area contributed by atoms with E-state index in [0.717, 1.165) is 11.3 Å². The first-order valence-electron chi connectivity index (χ1n) is 10.4. The molecule has 2 aliphatic heterocycles. The fourth-order valence-electron chi connectivity index (χ4n) is 3.66. The van der Waals surface area contributed by atoms with Gasteiger partial charge in [-0.15, -0.1) is 28.1 Å². The second-order valence-electron chi connectivity index (χ2n) is 8.11. The van der Waals surface area contributed by atoms with E-state index in [-0.39, 0.29) is 40.5 Å². The fourth-order valence-corrected chi connectivity index (χ4v) is 6.97. The number of nitrogens with two attached hydrogens (primary N) is 3. The summed E-state index contributed by atoms with van der Waals surface area (Å²) in [7, 11) is 2.94. The van der Waals surface area contributed by atoms with Crippen molar-refractivity contribution in [1.82, 2.24) is 20.2 Å². The largest absolute Gasteiger partial charge is 0.549 e. The van der Waals surface area contributed by atoms with Gasteiger partial charge < -0.3 is 42.2 Å². The first kappa shape index (κ1) is 25.8. The summed E-state index contributed by atoms with van der Waals surface area (Å²) < 4.78 is 1.50. The van der Waals surface area contributed by atoms with Gasteiger partial charge in [0.05, 0.1) is 13.0 Å². The molecule has 36 heavy (non-hydrogen) atoms. The molecule has 0 saturated carbocycles. The minimum atomic E-state index is -1.33. The summed E-state index contributed by atoms with van der Waals surface area (Å²) in [4.78, 5) is 52.3. The van der Waals surface area contributed by atoms with Crippen LogP contribution in [-0.4, -0.2) is 74.9 Å². The number of carbonyl (C=O) groups is 3. The third kappa shape index (κ3) is 4.72. The van der Waals surface area contributed by atoms with E-state index in [0.29, 0.717) is 10.8 Å². The second-order valence-corrected chi connectivity index (χ2v) is 11.1. The number of β-lactam (4-membered cyclic amide) rings is 1. The van der Waals surface area contributed by atoms with Crippen LogP contribution in [0, 0.1) is 5.41 Å². The Morgan fingerprint density at radius 3 is 2.78 bits per heavy atom. The lowest BCUT2D eigenvalue weighted by Crippen LogP contribution is -2.75. The van der Waals surface area contributed by atoms with E-state index in [1.807, 2.05) is 0 Å². The highest BCUT2D eigenvalue weighted by molar-refractivity contribution is 8.00. The maximum Gasteiger partial charge on any atom is 0.345 e. The number of aromatic nitrogens is 3. The van der Waals surface area contributed by atoms with Gasteiger partial charge in [0.1, 0.15) is 24.2 Å². The smallest absolute Gasteiger partial charge is 0.345 e. The van der Waals surface area contributed by atoms with Crippen molar-refractivity contribution in [2.45, 2.75) is 16.4 Å². The number of hydrogen-bond donors (Lipinski definition) is 4. The van der Waals surface area contributed by atoms with Gasteiger partial charge in [-0.25, -0.2) is 9.55 Å². The summed E-state index contributed by atoms with van der Waals surface area (Å²) in [6.45, 7) is -0.0710. The van der Waals surface area contributed by atoms with Crippen molar-refractivity contribution in [3.63, 3.8) is 0 Å². The predicted octanol–water partition coefficient (Wildman–Crippen LogP) is -2.61. The van der Waals surface area contributed by atoms with Gasteiger partial charge in [0.15, 0.2) is 21.7 Å². The van der Waals surface area contributed by atoms with Crippen LogP contribution >= 0.6 is 34.9 Å². The molecule has 192 valence electrons.